The molecule has 0 aliphatic rings. The summed E-state index contributed by atoms with van der Waals surface area (Å²) in [6, 6.07) is 4.22. The van der Waals surface area contributed by atoms with Crippen molar-refractivity contribution in [3.8, 4) is 0 Å². The molecule has 0 saturated heterocycles. The van der Waals surface area contributed by atoms with Crippen LogP contribution in [0, 0.1) is 6.92 Å². The first-order valence-corrected chi connectivity index (χ1v) is 5.04. The van der Waals surface area contributed by atoms with E-state index in [1.165, 1.54) is 10.1 Å². The van der Waals surface area contributed by atoms with Crippen molar-refractivity contribution in [2.45, 2.75) is 20.8 Å². The maximum absolute atomic E-state index is 4.19. The van der Waals surface area contributed by atoms with Gasteiger partial charge in [-0.3, -0.25) is 4.98 Å². The zero-order valence-electron chi connectivity index (χ0n) is 7.66. The lowest BCUT2D eigenvalue weighted by Crippen LogP contribution is -1.75. The number of thiophene rings is 1. The molecule has 0 saturated carbocycles. The van der Waals surface area contributed by atoms with Crippen molar-refractivity contribution >= 4 is 21.4 Å². The van der Waals surface area contributed by atoms with Crippen LogP contribution >= 0.6 is 11.3 Å². The van der Waals surface area contributed by atoms with Gasteiger partial charge in [-0.25, -0.2) is 0 Å². The largest absolute Gasteiger partial charge is 0.260 e. The predicted octanol–water partition coefficient (Wildman–Crippen LogP) is 3.63. The Balaban J connectivity index is 0.000000336. The first-order chi connectivity index (χ1) is 5.86. The lowest BCUT2D eigenvalue weighted by molar-refractivity contribution is 1.23. The van der Waals surface area contributed by atoms with Crippen molar-refractivity contribution < 1.29 is 0 Å². The fourth-order valence-electron chi connectivity index (χ4n) is 0.978. The van der Waals surface area contributed by atoms with E-state index in [1.807, 2.05) is 27.0 Å². The smallest absolute Gasteiger partial charge is 0.0526 e. The molecule has 1 nitrogen and oxygen atoms in total. The normalized spacial score (nSPS) is 9.25. The molecular weight excluding hydrogens is 166 g/mol. The SMILES string of the molecule is CC.Cc1cc2ccsc2cn1. The summed E-state index contributed by atoms with van der Waals surface area (Å²) in [5.41, 5.74) is 1.09. The molecule has 0 aromatic carbocycles. The molecule has 0 radical (unpaired) electrons. The van der Waals surface area contributed by atoms with E-state index in [4.69, 9.17) is 0 Å². The minimum Gasteiger partial charge on any atom is -0.260 e. The fourth-order valence-corrected chi connectivity index (χ4v) is 1.72. The lowest BCUT2D eigenvalue weighted by Gasteiger charge is -1.89. The van der Waals surface area contributed by atoms with Crippen molar-refractivity contribution in [1.82, 2.24) is 4.98 Å². The van der Waals surface area contributed by atoms with Crippen LogP contribution in [0.5, 0.6) is 0 Å². The van der Waals surface area contributed by atoms with Gasteiger partial charge in [0, 0.05) is 11.9 Å². The monoisotopic (exact) mass is 179 g/mol. The standard InChI is InChI=1S/C8H7NS.C2H6/c1-6-4-7-2-3-10-8(7)5-9-6;1-2/h2-5H,1H3;1-2H3. The molecule has 0 fully saturated rings. The highest BCUT2D eigenvalue weighted by Crippen LogP contribution is 2.19. The summed E-state index contributed by atoms with van der Waals surface area (Å²) in [4.78, 5) is 4.19. The number of hydrogen-bond donors (Lipinski definition) is 0. The second-order valence-corrected chi connectivity index (χ2v) is 3.23. The maximum Gasteiger partial charge on any atom is 0.0526 e. The first kappa shape index (κ1) is 9.20. The molecule has 2 heterocycles. The number of aryl methyl sites for hydroxylation is 1. The molecule has 0 aliphatic carbocycles. The summed E-state index contributed by atoms with van der Waals surface area (Å²) in [7, 11) is 0. The number of fused-ring (bicyclic) bond motifs is 1. The van der Waals surface area contributed by atoms with Crippen LogP contribution in [-0.2, 0) is 0 Å². The number of rotatable bonds is 0. The van der Waals surface area contributed by atoms with Crippen molar-refractivity contribution in [2.24, 2.45) is 0 Å². The average molecular weight is 179 g/mol. The summed E-state index contributed by atoms with van der Waals surface area (Å²) >= 11 is 1.73. The van der Waals surface area contributed by atoms with Gasteiger partial charge in [0.25, 0.3) is 0 Å². The zero-order chi connectivity index (χ0) is 8.97. The summed E-state index contributed by atoms with van der Waals surface area (Å²) in [6.07, 6.45) is 1.93. The van der Waals surface area contributed by atoms with E-state index >= 15 is 0 Å². The van der Waals surface area contributed by atoms with E-state index in [2.05, 4.69) is 22.5 Å². The molecule has 2 heteroatoms. The minimum absolute atomic E-state index is 1.09. The van der Waals surface area contributed by atoms with Gasteiger partial charge in [0.1, 0.15) is 0 Å². The Morgan fingerprint density at radius 3 is 2.83 bits per heavy atom. The molecule has 0 atom stereocenters. The Morgan fingerprint density at radius 1 is 1.33 bits per heavy atom. The van der Waals surface area contributed by atoms with Crippen molar-refractivity contribution in [3.63, 3.8) is 0 Å². The average Bonchev–Trinajstić information content (AvgIpc) is 2.54. The number of pyridine rings is 1. The van der Waals surface area contributed by atoms with E-state index < -0.39 is 0 Å². The molecule has 2 rings (SSSR count). The number of aromatic nitrogens is 1. The predicted molar refractivity (Wildman–Crippen MR) is 55.7 cm³/mol. The maximum atomic E-state index is 4.19. The highest BCUT2D eigenvalue weighted by molar-refractivity contribution is 7.17. The van der Waals surface area contributed by atoms with Crippen LogP contribution in [0.15, 0.2) is 23.7 Å². The Labute approximate surface area is 77.1 Å². The van der Waals surface area contributed by atoms with Gasteiger partial charge in [0.05, 0.1) is 4.70 Å². The van der Waals surface area contributed by atoms with Crippen molar-refractivity contribution in [1.29, 1.82) is 0 Å². The molecule has 2 aromatic rings. The van der Waals surface area contributed by atoms with E-state index in [1.54, 1.807) is 11.3 Å². The fraction of sp³-hybridized carbons (Fsp3) is 0.300. The van der Waals surface area contributed by atoms with Gasteiger partial charge in [-0.2, -0.15) is 0 Å². The Hall–Kier alpha value is -0.890. The third kappa shape index (κ3) is 1.83. The molecule has 64 valence electrons. The van der Waals surface area contributed by atoms with Crippen LogP contribution in [0.1, 0.15) is 19.5 Å². The van der Waals surface area contributed by atoms with E-state index in [0.717, 1.165) is 5.69 Å². The van der Waals surface area contributed by atoms with Gasteiger partial charge in [-0.05, 0) is 29.8 Å². The van der Waals surface area contributed by atoms with Crippen LogP contribution in [0.3, 0.4) is 0 Å². The Bertz CT molecular complexity index is 351. The summed E-state index contributed by atoms with van der Waals surface area (Å²) in [5.74, 6) is 0. The highest BCUT2D eigenvalue weighted by atomic mass is 32.1. The second kappa shape index (κ2) is 4.21. The molecule has 0 aliphatic heterocycles. The van der Waals surface area contributed by atoms with Crippen molar-refractivity contribution in [2.75, 3.05) is 0 Å². The van der Waals surface area contributed by atoms with Gasteiger partial charge in [0.15, 0.2) is 0 Å². The number of nitrogens with zero attached hydrogens (tertiary/aromatic N) is 1. The Morgan fingerprint density at radius 2 is 2.08 bits per heavy atom. The van der Waals surface area contributed by atoms with Crippen LogP contribution in [0.25, 0.3) is 10.1 Å². The van der Waals surface area contributed by atoms with E-state index in [0.29, 0.717) is 0 Å². The highest BCUT2D eigenvalue weighted by Gasteiger charge is 1.93. The molecule has 0 bridgehead atoms. The summed E-state index contributed by atoms with van der Waals surface area (Å²) in [6.45, 7) is 6.01. The third-order valence-electron chi connectivity index (χ3n) is 1.48. The Kier molecular flexibility index (Phi) is 3.23. The zero-order valence-corrected chi connectivity index (χ0v) is 8.48. The quantitative estimate of drug-likeness (QED) is 0.601. The van der Waals surface area contributed by atoms with Crippen LogP contribution in [-0.4, -0.2) is 4.98 Å². The second-order valence-electron chi connectivity index (χ2n) is 2.28. The molecule has 0 spiro atoms. The third-order valence-corrected chi connectivity index (χ3v) is 2.34. The van der Waals surface area contributed by atoms with Gasteiger partial charge in [0.2, 0.25) is 0 Å². The van der Waals surface area contributed by atoms with Gasteiger partial charge < -0.3 is 0 Å². The molecule has 0 unspecified atom stereocenters. The molecular formula is C10H13NS. The molecule has 0 amide bonds. The van der Waals surface area contributed by atoms with E-state index in [9.17, 15) is 0 Å². The van der Waals surface area contributed by atoms with Crippen molar-refractivity contribution in [3.05, 3.63) is 29.4 Å². The molecule has 2 aromatic heterocycles. The van der Waals surface area contributed by atoms with Crippen LogP contribution in [0.2, 0.25) is 0 Å². The molecule has 12 heavy (non-hydrogen) atoms. The van der Waals surface area contributed by atoms with Crippen LogP contribution in [0.4, 0.5) is 0 Å². The van der Waals surface area contributed by atoms with Gasteiger partial charge >= 0.3 is 0 Å². The van der Waals surface area contributed by atoms with Gasteiger partial charge in [-0.1, -0.05) is 13.8 Å². The first-order valence-electron chi connectivity index (χ1n) is 4.16. The van der Waals surface area contributed by atoms with E-state index in [-0.39, 0.29) is 0 Å². The summed E-state index contributed by atoms with van der Waals surface area (Å²) in [5, 5.41) is 3.39. The topological polar surface area (TPSA) is 12.9 Å². The summed E-state index contributed by atoms with van der Waals surface area (Å²) < 4.78 is 1.27. The van der Waals surface area contributed by atoms with Gasteiger partial charge in [-0.15, -0.1) is 11.3 Å². The molecule has 0 N–H and O–H groups in total. The minimum atomic E-state index is 1.09. The number of hydrogen-bond acceptors (Lipinski definition) is 2. The lowest BCUT2D eigenvalue weighted by atomic mass is 10.3. The van der Waals surface area contributed by atoms with Crippen LogP contribution < -0.4 is 0 Å².